The van der Waals surface area contributed by atoms with E-state index in [4.69, 9.17) is 33.2 Å². The number of carbonyl (C=O) groups is 3. The van der Waals surface area contributed by atoms with Crippen LogP contribution in [-0.2, 0) is 47.5 Å². The molecule has 3 saturated heterocycles. The highest BCUT2D eigenvalue weighted by molar-refractivity contribution is 5.81. The third kappa shape index (κ3) is 8.12. The Morgan fingerprint density at radius 3 is 2.04 bits per heavy atom. The van der Waals surface area contributed by atoms with Gasteiger partial charge in [-0.3, -0.25) is 9.59 Å². The Morgan fingerprint density at radius 1 is 0.710 bits per heavy atom. The largest absolute Gasteiger partial charge is 0.479 e. The van der Waals surface area contributed by atoms with Crippen LogP contribution in [0.1, 0.15) is 98.8 Å². The molecule has 0 aromatic heterocycles. The summed E-state index contributed by atoms with van der Waals surface area (Å²) in [6, 6.07) is 0. The topological polar surface area (TPSA) is 338 Å². The fourth-order valence-corrected chi connectivity index (χ4v) is 15.0. The lowest BCUT2D eigenvalue weighted by molar-refractivity contribution is -0.358. The van der Waals surface area contributed by atoms with Crippen molar-refractivity contribution in [3.63, 3.8) is 0 Å². The van der Waals surface area contributed by atoms with Crippen LogP contribution < -0.4 is 0 Å². The second kappa shape index (κ2) is 18.8. The van der Waals surface area contributed by atoms with Crippen molar-refractivity contribution in [3.05, 3.63) is 11.6 Å². The van der Waals surface area contributed by atoms with Crippen molar-refractivity contribution in [2.24, 2.45) is 50.2 Å². The third-order valence-electron chi connectivity index (χ3n) is 19.5. The molecule has 3 heterocycles. The van der Waals surface area contributed by atoms with Gasteiger partial charge in [0, 0.05) is 5.41 Å². The summed E-state index contributed by atoms with van der Waals surface area (Å²) in [6.07, 6.45) is -17.9. The second-order valence-corrected chi connectivity index (χ2v) is 22.8. The van der Waals surface area contributed by atoms with E-state index < -0.39 is 156 Å². The first-order chi connectivity index (χ1) is 32.3. The van der Waals surface area contributed by atoms with Crippen molar-refractivity contribution >= 4 is 17.9 Å². The number of hydrogen-bond donors (Lipinski definition) is 11. The maximum atomic E-state index is 14.8. The first-order valence-corrected chi connectivity index (χ1v) is 24.4. The van der Waals surface area contributed by atoms with Gasteiger partial charge in [-0.15, -0.1) is 0 Å². The average Bonchev–Trinajstić information content (AvgIpc) is 3.31. The van der Waals surface area contributed by atoms with E-state index in [0.29, 0.717) is 51.4 Å². The molecule has 5 aliphatic carbocycles. The molecule has 24 atom stereocenters. The van der Waals surface area contributed by atoms with Crippen LogP contribution in [0.15, 0.2) is 11.6 Å². The van der Waals surface area contributed by atoms with Gasteiger partial charge in [0.25, 0.3) is 0 Å². The highest BCUT2D eigenvalue weighted by atomic mass is 16.7. The summed E-state index contributed by atoms with van der Waals surface area (Å²) in [4.78, 5) is 40.7. The zero-order chi connectivity index (χ0) is 50.6. The van der Waals surface area contributed by atoms with Gasteiger partial charge in [0.15, 0.2) is 18.7 Å². The summed E-state index contributed by atoms with van der Waals surface area (Å²) in [6.45, 7) is 9.02. The maximum absolute atomic E-state index is 14.8. The minimum absolute atomic E-state index is 0.0325. The highest BCUT2D eigenvalue weighted by Gasteiger charge is 2.71. The van der Waals surface area contributed by atoms with Gasteiger partial charge in [-0.2, -0.15) is 0 Å². The molecule has 0 unspecified atom stereocenters. The Bertz CT molecular complexity index is 1970. The Labute approximate surface area is 400 Å². The van der Waals surface area contributed by atoms with Gasteiger partial charge in [-0.05, 0) is 105 Å². The lowest BCUT2D eigenvalue weighted by Gasteiger charge is -2.71. The number of fused-ring (bicyclic) bond motifs is 7. The third-order valence-corrected chi connectivity index (χ3v) is 19.5. The molecule has 4 saturated carbocycles. The number of ether oxygens (including phenoxy) is 7. The van der Waals surface area contributed by atoms with Crippen LogP contribution in [0.5, 0.6) is 0 Å². The molecule has 21 nitrogen and oxygen atoms in total. The number of esters is 2. The van der Waals surface area contributed by atoms with Crippen LogP contribution in [-0.4, -0.2) is 193 Å². The first-order valence-electron chi connectivity index (χ1n) is 24.4. The number of aliphatic hydroxyl groups excluding tert-OH is 10. The normalized spacial score (nSPS) is 53.0. The predicted molar refractivity (Wildman–Crippen MR) is 232 cm³/mol. The van der Waals surface area contributed by atoms with E-state index in [1.165, 1.54) is 7.11 Å². The number of rotatable bonds is 10. The maximum Gasteiger partial charge on any atom is 0.335 e. The lowest BCUT2D eigenvalue weighted by atomic mass is 9.33. The van der Waals surface area contributed by atoms with Crippen molar-refractivity contribution in [2.75, 3.05) is 26.9 Å². The van der Waals surface area contributed by atoms with Crippen molar-refractivity contribution in [1.82, 2.24) is 0 Å². The molecule has 3 aliphatic heterocycles. The summed E-state index contributed by atoms with van der Waals surface area (Å²) in [5.41, 5.74) is -3.37. The Balaban J connectivity index is 1.07. The molecular formula is C48H74O21. The monoisotopic (exact) mass is 986 g/mol. The number of carboxylic acid groups (broad SMARTS) is 1. The summed E-state index contributed by atoms with van der Waals surface area (Å²) in [5, 5.41) is 117. The standard InChI is InChI=1S/C48H74O21/c1-43(41(61)63-6)13-15-48(42(62)69-39-32(56)30(54)29(53)24(18-49)65-39)16-14-46(4)21(22(48)17-43)7-8-26-44(2)11-10-27(45(3,20-50)25(44)9-12-47(26,46)5)66-40-34(58)35(33(57)36(68-40)37(59)60)67-38-31(55)28(52)23(51)19-64-38/h7,22-36,38-40,49-58H,8-20H2,1-6H3,(H,59,60)/t22-,23-,24-,25+,26+,27-,28-,29-,30+,31+,32-,33-,34+,35-,36-,38-,39+,40+,43+,44-,45-,46+,47+,48-/m0/s1. The Kier molecular flexibility index (Phi) is 14.4. The van der Waals surface area contributed by atoms with Gasteiger partial charge in [0.1, 0.15) is 61.0 Å². The molecule has 21 heteroatoms. The number of carbonyl (C=O) groups excluding carboxylic acids is 2. The minimum Gasteiger partial charge on any atom is -0.479 e. The molecule has 0 aromatic rings. The van der Waals surface area contributed by atoms with Gasteiger partial charge in [0.2, 0.25) is 6.29 Å². The minimum atomic E-state index is -1.97. The van der Waals surface area contributed by atoms with Crippen molar-refractivity contribution in [2.45, 2.75) is 191 Å². The van der Waals surface area contributed by atoms with E-state index >= 15 is 0 Å². The van der Waals surface area contributed by atoms with Crippen molar-refractivity contribution < 1.29 is 104 Å². The predicted octanol–water partition coefficient (Wildman–Crippen LogP) is -1.00. The molecule has 0 radical (unpaired) electrons. The molecule has 8 rings (SSSR count). The summed E-state index contributed by atoms with van der Waals surface area (Å²) in [7, 11) is 1.34. The van der Waals surface area contributed by atoms with E-state index in [-0.39, 0.29) is 36.7 Å². The molecule has 0 bridgehead atoms. The molecular weight excluding hydrogens is 913 g/mol. The van der Waals surface area contributed by atoms with E-state index in [1.54, 1.807) is 0 Å². The number of carboxylic acids is 1. The molecule has 7 fully saturated rings. The van der Waals surface area contributed by atoms with Crippen molar-refractivity contribution in [3.8, 4) is 0 Å². The van der Waals surface area contributed by atoms with Gasteiger partial charge < -0.3 is 89.3 Å². The fraction of sp³-hybridized carbons (Fsp3) is 0.896. The summed E-state index contributed by atoms with van der Waals surface area (Å²) < 4.78 is 40.2. The molecule has 69 heavy (non-hydrogen) atoms. The Hall–Kier alpha value is -2.45. The van der Waals surface area contributed by atoms with E-state index in [2.05, 4.69) is 26.8 Å². The smallest absolute Gasteiger partial charge is 0.335 e. The van der Waals surface area contributed by atoms with Crippen LogP contribution >= 0.6 is 0 Å². The lowest BCUT2D eigenvalue weighted by Crippen LogP contribution is -2.67. The van der Waals surface area contributed by atoms with E-state index in [1.807, 2.05) is 13.8 Å². The average molecular weight is 987 g/mol. The summed E-state index contributed by atoms with van der Waals surface area (Å²) in [5.74, 6) is -3.30. The molecule has 0 aromatic carbocycles. The van der Waals surface area contributed by atoms with Crippen LogP contribution in [0, 0.1) is 50.2 Å². The second-order valence-electron chi connectivity index (χ2n) is 22.8. The van der Waals surface area contributed by atoms with Crippen molar-refractivity contribution in [1.29, 1.82) is 0 Å². The molecule has 11 N–H and O–H groups in total. The molecule has 0 amide bonds. The Morgan fingerprint density at radius 2 is 1.39 bits per heavy atom. The number of aliphatic hydroxyl groups is 10. The zero-order valence-electron chi connectivity index (χ0n) is 40.2. The van der Waals surface area contributed by atoms with Crippen LogP contribution in [0.4, 0.5) is 0 Å². The fourth-order valence-electron chi connectivity index (χ4n) is 15.0. The van der Waals surface area contributed by atoms with Gasteiger partial charge in [-0.25, -0.2) is 4.79 Å². The van der Waals surface area contributed by atoms with E-state index in [9.17, 15) is 70.6 Å². The molecule has 392 valence electrons. The first kappa shape index (κ1) is 52.9. The number of aliphatic carboxylic acids is 1. The SMILES string of the molecule is COC(=O)[C@]1(C)CC[C@]2(C(=O)O[C@H]3O[C@@H](CO)[C@H](O)[C@@H](O)[C@@H]3O)CC[C@]3(C)C(=CC[C@@H]4[C@@]5(C)CC[C@H](O[C@@H]6O[C@H](C(=O)O)[C@@H](O)[C@H](O[C@@H]7OC[C@H](O)[C@H](O)[C@H]7O)[C@H]6O)[C@@](C)(CO)[C@@H]5CC[C@]43C)[C@@H]2C1. The zero-order valence-corrected chi connectivity index (χ0v) is 40.2. The van der Waals surface area contributed by atoms with Crippen LogP contribution in [0.3, 0.4) is 0 Å². The molecule has 8 aliphatic rings. The van der Waals surface area contributed by atoms with Gasteiger partial charge >= 0.3 is 17.9 Å². The van der Waals surface area contributed by atoms with Crippen LogP contribution in [0.2, 0.25) is 0 Å². The highest BCUT2D eigenvalue weighted by Crippen LogP contribution is 2.76. The quantitative estimate of drug-likeness (QED) is 0.0710. The molecule has 0 spiro atoms. The number of allylic oxidation sites excluding steroid dienone is 2. The summed E-state index contributed by atoms with van der Waals surface area (Å²) >= 11 is 0. The number of methoxy groups -OCH3 is 1. The van der Waals surface area contributed by atoms with Gasteiger partial charge in [-0.1, -0.05) is 39.3 Å². The van der Waals surface area contributed by atoms with Gasteiger partial charge in [0.05, 0.1) is 43.9 Å². The number of hydrogen-bond acceptors (Lipinski definition) is 20. The van der Waals surface area contributed by atoms with E-state index in [0.717, 1.165) is 5.57 Å². The van der Waals surface area contributed by atoms with Crippen LogP contribution in [0.25, 0.3) is 0 Å².